The third kappa shape index (κ3) is 7.90. The number of β-amino-alcohol motifs (C(OH)–C–C–N with tert-alkyl or cyclic N) is 1. The van der Waals surface area contributed by atoms with Gasteiger partial charge in [0.1, 0.15) is 5.75 Å². The SMILES string of the molecule is COc1cc(-c2nccc(-c3cccc(NC(=O)c4nc5c(n4C)CCN(C(=O)CN4CC[C@H](O)C4)C5)c3Cl)c2Cl)ccc1CNC[C@H]1CCC(=O)N1. The Kier molecular flexibility index (Phi) is 11.0. The first-order valence-electron chi connectivity index (χ1n) is 17.7. The minimum atomic E-state index is -0.430. The number of pyridine rings is 1. The number of aliphatic hydroxyl groups excluding tert-OH is 1. The van der Waals surface area contributed by atoms with Gasteiger partial charge in [0.05, 0.1) is 53.4 Å². The van der Waals surface area contributed by atoms with Gasteiger partial charge in [0.25, 0.3) is 5.91 Å². The molecule has 3 amide bonds. The molecule has 0 unspecified atom stereocenters. The monoisotopic (exact) mass is 760 g/mol. The number of aromatic nitrogens is 3. The fourth-order valence-electron chi connectivity index (χ4n) is 7.31. The lowest BCUT2D eigenvalue weighted by Crippen LogP contribution is -2.42. The van der Waals surface area contributed by atoms with Crippen molar-refractivity contribution < 1.29 is 24.2 Å². The van der Waals surface area contributed by atoms with Crippen molar-refractivity contribution in [3.8, 4) is 28.1 Å². The van der Waals surface area contributed by atoms with Crippen LogP contribution in [0, 0.1) is 0 Å². The first kappa shape index (κ1) is 36.8. The van der Waals surface area contributed by atoms with Crippen LogP contribution in [0.2, 0.25) is 10.0 Å². The molecule has 13 nitrogen and oxygen atoms in total. The highest BCUT2D eigenvalue weighted by Gasteiger charge is 2.30. The summed E-state index contributed by atoms with van der Waals surface area (Å²) in [5.41, 5.74) is 5.51. The number of imidazole rings is 1. The highest BCUT2D eigenvalue weighted by Crippen LogP contribution is 2.41. The summed E-state index contributed by atoms with van der Waals surface area (Å²) in [6.45, 7) is 3.54. The first-order valence-corrected chi connectivity index (χ1v) is 18.5. The zero-order valence-electron chi connectivity index (χ0n) is 29.6. The summed E-state index contributed by atoms with van der Waals surface area (Å²) in [6.07, 6.45) is 3.91. The minimum Gasteiger partial charge on any atom is -0.496 e. The largest absolute Gasteiger partial charge is 0.496 e. The molecule has 53 heavy (non-hydrogen) atoms. The molecule has 4 N–H and O–H groups in total. The summed E-state index contributed by atoms with van der Waals surface area (Å²) >= 11 is 14.0. The van der Waals surface area contributed by atoms with E-state index in [1.54, 1.807) is 48.0 Å². The van der Waals surface area contributed by atoms with Crippen molar-refractivity contribution in [2.45, 2.75) is 50.9 Å². The van der Waals surface area contributed by atoms with Crippen LogP contribution in [0.1, 0.15) is 46.8 Å². The van der Waals surface area contributed by atoms with Gasteiger partial charge in [0.15, 0.2) is 5.82 Å². The molecule has 0 spiro atoms. The van der Waals surface area contributed by atoms with E-state index in [-0.39, 0.29) is 36.3 Å². The topological polar surface area (TPSA) is 154 Å². The molecule has 15 heteroatoms. The van der Waals surface area contributed by atoms with Crippen LogP contribution < -0.4 is 20.7 Å². The van der Waals surface area contributed by atoms with Gasteiger partial charge in [0, 0.05) is 92.8 Å². The number of ether oxygens (including phenoxy) is 1. The van der Waals surface area contributed by atoms with Crippen molar-refractivity contribution in [3.05, 3.63) is 81.5 Å². The fraction of sp³-hybridized carbons (Fsp3) is 0.395. The summed E-state index contributed by atoms with van der Waals surface area (Å²) in [7, 11) is 3.42. The van der Waals surface area contributed by atoms with E-state index in [1.165, 1.54) is 0 Å². The highest BCUT2D eigenvalue weighted by molar-refractivity contribution is 6.39. The maximum atomic E-state index is 13.6. The van der Waals surface area contributed by atoms with Crippen LogP contribution in [0.5, 0.6) is 5.75 Å². The number of nitrogens with one attached hydrogen (secondary N) is 3. The minimum absolute atomic E-state index is 0.0143. The second kappa shape index (κ2) is 15.8. The standard InChI is InChI=1S/C38H42Cl2N8O5/c1-46-30-12-15-48(33(51)21-47-14-11-25(49)19-47)20-29(30)44-37(46)38(52)45-28-5-3-4-26(34(28)39)27-10-13-42-36(35(27)40)22-6-7-23(31(16-22)53-2)17-41-18-24-8-9-32(50)43-24/h3-7,10,13,16,24-25,41,49H,8-9,11-12,14-15,17-21H2,1-2H3,(H,43,50)(H,45,52)/t24-,25+/m1/s1. The van der Waals surface area contributed by atoms with E-state index in [0.29, 0.717) is 103 Å². The van der Waals surface area contributed by atoms with Crippen molar-refractivity contribution in [1.82, 2.24) is 35.0 Å². The maximum absolute atomic E-state index is 13.6. The molecule has 2 atom stereocenters. The second-order valence-corrected chi connectivity index (χ2v) is 14.5. The number of anilines is 1. The van der Waals surface area contributed by atoms with E-state index in [0.717, 1.165) is 23.2 Å². The number of likely N-dealkylation sites (tertiary alicyclic amines) is 1. The molecule has 278 valence electrons. The highest BCUT2D eigenvalue weighted by atomic mass is 35.5. The number of hydrogen-bond donors (Lipinski definition) is 4. The lowest BCUT2D eigenvalue weighted by Gasteiger charge is -2.28. The normalized spacial score (nSPS) is 18.6. The van der Waals surface area contributed by atoms with Crippen LogP contribution in [0.4, 0.5) is 5.69 Å². The Labute approximate surface area is 317 Å². The molecule has 2 aromatic carbocycles. The predicted molar refractivity (Wildman–Crippen MR) is 202 cm³/mol. The number of hydrogen-bond acceptors (Lipinski definition) is 9. The molecule has 4 aromatic rings. The number of halogens is 2. The van der Waals surface area contributed by atoms with Crippen molar-refractivity contribution in [1.29, 1.82) is 0 Å². The van der Waals surface area contributed by atoms with E-state index in [2.05, 4.69) is 25.9 Å². The zero-order chi connectivity index (χ0) is 37.2. The summed E-state index contributed by atoms with van der Waals surface area (Å²) < 4.78 is 7.49. The molecular weight excluding hydrogens is 719 g/mol. The maximum Gasteiger partial charge on any atom is 0.291 e. The van der Waals surface area contributed by atoms with E-state index in [4.69, 9.17) is 27.9 Å². The van der Waals surface area contributed by atoms with Crippen molar-refractivity contribution >= 4 is 46.6 Å². The van der Waals surface area contributed by atoms with Crippen LogP contribution in [0.25, 0.3) is 22.4 Å². The van der Waals surface area contributed by atoms with E-state index in [1.807, 2.05) is 29.2 Å². The van der Waals surface area contributed by atoms with E-state index < -0.39 is 5.91 Å². The molecule has 0 aliphatic carbocycles. The van der Waals surface area contributed by atoms with Crippen LogP contribution >= 0.6 is 23.2 Å². The first-order chi connectivity index (χ1) is 25.6. The van der Waals surface area contributed by atoms with Crippen molar-refractivity contribution in [2.75, 3.05) is 45.2 Å². The molecule has 2 fully saturated rings. The molecular formula is C38H42Cl2N8O5. The Morgan fingerprint density at radius 2 is 1.91 bits per heavy atom. The van der Waals surface area contributed by atoms with Crippen molar-refractivity contribution in [3.63, 3.8) is 0 Å². The van der Waals surface area contributed by atoms with Gasteiger partial charge in [-0.25, -0.2) is 4.98 Å². The lowest BCUT2D eigenvalue weighted by molar-refractivity contribution is -0.133. The molecule has 2 aromatic heterocycles. The molecule has 0 saturated carbocycles. The molecule has 2 saturated heterocycles. The molecule has 3 aliphatic heterocycles. The van der Waals surface area contributed by atoms with Crippen LogP contribution in [-0.4, -0.2) is 99.1 Å². The molecule has 0 bridgehead atoms. The van der Waals surface area contributed by atoms with Gasteiger partial charge in [-0.2, -0.15) is 0 Å². The van der Waals surface area contributed by atoms with Crippen LogP contribution in [-0.2, 0) is 36.1 Å². The number of rotatable bonds is 11. The Bertz CT molecular complexity index is 2050. The average Bonchev–Trinajstić information content (AvgIpc) is 3.86. The lowest BCUT2D eigenvalue weighted by atomic mass is 10.0. The number of carbonyl (C=O) groups is 3. The third-order valence-electron chi connectivity index (χ3n) is 10.2. The Balaban J connectivity index is 1.05. The number of methoxy groups -OCH3 is 1. The van der Waals surface area contributed by atoms with Gasteiger partial charge < -0.3 is 35.3 Å². The van der Waals surface area contributed by atoms with Gasteiger partial charge in [-0.05, 0) is 31.0 Å². The summed E-state index contributed by atoms with van der Waals surface area (Å²) in [5, 5.41) is 19.8. The average molecular weight is 762 g/mol. The summed E-state index contributed by atoms with van der Waals surface area (Å²) in [5.74, 6) is 0.538. The molecule has 7 rings (SSSR count). The number of nitrogens with zero attached hydrogens (tertiary/aromatic N) is 5. The van der Waals surface area contributed by atoms with Crippen LogP contribution in [0.15, 0.2) is 48.7 Å². The van der Waals surface area contributed by atoms with Gasteiger partial charge in [-0.15, -0.1) is 0 Å². The summed E-state index contributed by atoms with van der Waals surface area (Å²) in [4.78, 5) is 51.1. The Hall–Kier alpha value is -4.53. The number of aliphatic hydroxyl groups is 1. The summed E-state index contributed by atoms with van der Waals surface area (Å²) in [6, 6.07) is 13.1. The van der Waals surface area contributed by atoms with Gasteiger partial charge >= 0.3 is 0 Å². The van der Waals surface area contributed by atoms with Gasteiger partial charge in [-0.1, -0.05) is 47.5 Å². The molecule has 0 radical (unpaired) electrons. The van der Waals surface area contributed by atoms with Crippen LogP contribution in [0.3, 0.4) is 0 Å². The molecule has 5 heterocycles. The fourth-order valence-corrected chi connectivity index (χ4v) is 7.91. The predicted octanol–water partition coefficient (Wildman–Crippen LogP) is 4.04. The van der Waals surface area contributed by atoms with Gasteiger partial charge in [-0.3, -0.25) is 24.3 Å². The number of benzene rings is 2. The van der Waals surface area contributed by atoms with Crippen molar-refractivity contribution in [2.24, 2.45) is 7.05 Å². The number of amides is 3. The third-order valence-corrected chi connectivity index (χ3v) is 11.0. The molecule has 3 aliphatic rings. The second-order valence-electron chi connectivity index (χ2n) is 13.7. The van der Waals surface area contributed by atoms with E-state index >= 15 is 0 Å². The smallest absolute Gasteiger partial charge is 0.291 e. The quantitative estimate of drug-likeness (QED) is 0.178. The Morgan fingerprint density at radius 3 is 2.66 bits per heavy atom. The van der Waals surface area contributed by atoms with Gasteiger partial charge in [0.2, 0.25) is 11.8 Å². The zero-order valence-corrected chi connectivity index (χ0v) is 31.1. The number of fused-ring (bicyclic) bond motifs is 1. The van der Waals surface area contributed by atoms with E-state index in [9.17, 15) is 19.5 Å². The Morgan fingerprint density at radius 1 is 1.08 bits per heavy atom. The number of carbonyl (C=O) groups excluding carboxylic acids is 3.